The number of carbonyl (C=O) groups is 1. The number of halogens is 1. The van der Waals surface area contributed by atoms with Crippen LogP contribution in [0.1, 0.15) is 0 Å². The molecule has 0 saturated carbocycles. The minimum Gasteiger partial charge on any atom is -0.363 e. The van der Waals surface area contributed by atoms with Crippen molar-refractivity contribution in [2.45, 2.75) is 4.90 Å². The van der Waals surface area contributed by atoms with Gasteiger partial charge in [-0.3, -0.25) is 4.79 Å². The SMILES string of the molecule is CN(C)C(=O)CN(C)c1c(Br)cccc1S(C)(=O)=O. The molecule has 0 aliphatic heterocycles. The van der Waals surface area contributed by atoms with Crippen LogP contribution in [0, 0.1) is 0 Å². The van der Waals surface area contributed by atoms with Crippen molar-refractivity contribution in [3.8, 4) is 0 Å². The summed E-state index contributed by atoms with van der Waals surface area (Å²) in [5.41, 5.74) is 0.500. The Bertz CT molecular complexity index is 585. The quantitative estimate of drug-likeness (QED) is 0.824. The van der Waals surface area contributed by atoms with Gasteiger partial charge >= 0.3 is 0 Å². The molecule has 0 bridgehead atoms. The van der Waals surface area contributed by atoms with Gasteiger partial charge in [0.25, 0.3) is 0 Å². The standard InChI is InChI=1S/C12H17BrN2O3S/c1-14(2)11(16)8-15(3)12-9(13)6-5-7-10(12)19(4,17)18/h5-7H,8H2,1-4H3. The molecule has 5 nitrogen and oxygen atoms in total. The monoisotopic (exact) mass is 348 g/mol. The summed E-state index contributed by atoms with van der Waals surface area (Å²) in [5.74, 6) is -0.0993. The van der Waals surface area contributed by atoms with Crippen LogP contribution in [-0.4, -0.2) is 53.2 Å². The molecular formula is C12H17BrN2O3S. The van der Waals surface area contributed by atoms with E-state index in [0.717, 1.165) is 6.26 Å². The van der Waals surface area contributed by atoms with Crippen molar-refractivity contribution < 1.29 is 13.2 Å². The normalized spacial score (nSPS) is 11.2. The number of nitrogens with zero attached hydrogens (tertiary/aromatic N) is 2. The van der Waals surface area contributed by atoms with Gasteiger partial charge < -0.3 is 9.80 Å². The fourth-order valence-electron chi connectivity index (χ4n) is 1.59. The Morgan fingerprint density at radius 3 is 2.32 bits per heavy atom. The molecule has 0 atom stereocenters. The second-order valence-electron chi connectivity index (χ2n) is 4.50. The molecule has 0 aromatic heterocycles. The van der Waals surface area contributed by atoms with Crippen LogP contribution in [0.5, 0.6) is 0 Å². The zero-order valence-corrected chi connectivity index (χ0v) is 13.7. The van der Waals surface area contributed by atoms with Crippen molar-refractivity contribution in [2.75, 3.05) is 38.8 Å². The van der Waals surface area contributed by atoms with E-state index in [1.165, 1.54) is 11.0 Å². The number of anilines is 1. The Hall–Kier alpha value is -1.08. The fraction of sp³-hybridized carbons (Fsp3) is 0.417. The van der Waals surface area contributed by atoms with Gasteiger partial charge in [-0.05, 0) is 28.1 Å². The van der Waals surface area contributed by atoms with Gasteiger partial charge in [-0.25, -0.2) is 8.42 Å². The molecular weight excluding hydrogens is 332 g/mol. The van der Waals surface area contributed by atoms with Crippen molar-refractivity contribution >= 4 is 37.4 Å². The Morgan fingerprint density at radius 2 is 1.84 bits per heavy atom. The number of sulfone groups is 1. The second kappa shape index (κ2) is 5.92. The fourth-order valence-corrected chi connectivity index (χ4v) is 3.33. The third-order valence-corrected chi connectivity index (χ3v) is 4.37. The van der Waals surface area contributed by atoms with Crippen molar-refractivity contribution in [3.05, 3.63) is 22.7 Å². The smallest absolute Gasteiger partial charge is 0.241 e. The predicted molar refractivity (Wildman–Crippen MR) is 79.2 cm³/mol. The van der Waals surface area contributed by atoms with Crippen molar-refractivity contribution in [1.29, 1.82) is 0 Å². The van der Waals surface area contributed by atoms with Crippen molar-refractivity contribution in [3.63, 3.8) is 0 Å². The first-order valence-corrected chi connectivity index (χ1v) is 8.23. The zero-order valence-electron chi connectivity index (χ0n) is 11.3. The Morgan fingerprint density at radius 1 is 1.26 bits per heavy atom. The third kappa shape index (κ3) is 3.94. The number of rotatable bonds is 4. The van der Waals surface area contributed by atoms with Crippen molar-refractivity contribution in [2.24, 2.45) is 0 Å². The molecule has 0 spiro atoms. The molecule has 0 heterocycles. The molecule has 7 heteroatoms. The minimum atomic E-state index is -3.35. The lowest BCUT2D eigenvalue weighted by Crippen LogP contribution is -2.35. The molecule has 0 saturated heterocycles. The summed E-state index contributed by atoms with van der Waals surface area (Å²) in [6.45, 7) is 0.109. The third-order valence-electron chi connectivity index (χ3n) is 2.60. The number of hydrogen-bond acceptors (Lipinski definition) is 4. The largest absolute Gasteiger partial charge is 0.363 e. The molecule has 0 aliphatic rings. The van der Waals surface area contributed by atoms with E-state index in [1.807, 2.05) is 0 Å². The number of carbonyl (C=O) groups excluding carboxylic acids is 1. The van der Waals surface area contributed by atoms with Crippen LogP contribution >= 0.6 is 15.9 Å². The first-order chi connectivity index (χ1) is 8.64. The number of likely N-dealkylation sites (N-methyl/N-ethyl adjacent to an activating group) is 2. The summed E-state index contributed by atoms with van der Waals surface area (Å²) in [5, 5.41) is 0. The van der Waals surface area contributed by atoms with Crippen LogP contribution in [0.3, 0.4) is 0 Å². The Labute approximate surface area is 122 Å². The highest BCUT2D eigenvalue weighted by Crippen LogP contribution is 2.32. The van der Waals surface area contributed by atoms with Crippen LogP contribution in [-0.2, 0) is 14.6 Å². The van der Waals surface area contributed by atoms with Crippen LogP contribution in [0.25, 0.3) is 0 Å². The molecule has 0 fully saturated rings. The summed E-state index contributed by atoms with van der Waals surface area (Å²) in [6, 6.07) is 4.94. The van der Waals surface area contributed by atoms with Gasteiger partial charge in [0.2, 0.25) is 5.91 Å². The summed E-state index contributed by atoms with van der Waals surface area (Å²) < 4.78 is 24.2. The van der Waals surface area contributed by atoms with Crippen LogP contribution in [0.15, 0.2) is 27.6 Å². The van der Waals surface area contributed by atoms with Crippen LogP contribution in [0.2, 0.25) is 0 Å². The number of amides is 1. The topological polar surface area (TPSA) is 57.7 Å². The molecule has 19 heavy (non-hydrogen) atoms. The summed E-state index contributed by atoms with van der Waals surface area (Å²) in [4.78, 5) is 15.0. The lowest BCUT2D eigenvalue weighted by molar-refractivity contribution is -0.127. The van der Waals surface area contributed by atoms with E-state index in [9.17, 15) is 13.2 Å². The average Bonchev–Trinajstić information content (AvgIpc) is 2.26. The van der Waals surface area contributed by atoms with Gasteiger partial charge in [0.1, 0.15) is 0 Å². The molecule has 1 aromatic carbocycles. The average molecular weight is 349 g/mol. The van der Waals surface area contributed by atoms with E-state index in [2.05, 4.69) is 15.9 Å². The van der Waals surface area contributed by atoms with E-state index >= 15 is 0 Å². The van der Waals surface area contributed by atoms with Crippen LogP contribution in [0.4, 0.5) is 5.69 Å². The molecule has 0 aliphatic carbocycles. The molecule has 106 valence electrons. The van der Waals surface area contributed by atoms with Gasteiger partial charge in [0.05, 0.1) is 17.1 Å². The summed E-state index contributed by atoms with van der Waals surface area (Å²) >= 11 is 3.34. The highest BCUT2D eigenvalue weighted by molar-refractivity contribution is 9.10. The van der Waals surface area contributed by atoms with Gasteiger partial charge in [0.15, 0.2) is 9.84 Å². The molecule has 0 unspecified atom stereocenters. The maximum Gasteiger partial charge on any atom is 0.241 e. The minimum absolute atomic E-state index is 0.0993. The highest BCUT2D eigenvalue weighted by Gasteiger charge is 2.20. The molecule has 0 radical (unpaired) electrons. The van der Waals surface area contributed by atoms with Gasteiger partial charge in [-0.15, -0.1) is 0 Å². The Balaban J connectivity index is 3.23. The van der Waals surface area contributed by atoms with Gasteiger partial charge in [0, 0.05) is 31.9 Å². The van der Waals surface area contributed by atoms with E-state index in [0.29, 0.717) is 10.2 Å². The predicted octanol–water partition coefficient (Wildman–Crippen LogP) is 1.38. The number of benzene rings is 1. The maximum absolute atomic E-state index is 11.8. The summed E-state index contributed by atoms with van der Waals surface area (Å²) in [6.07, 6.45) is 1.15. The van der Waals surface area contributed by atoms with Gasteiger partial charge in [-0.2, -0.15) is 0 Å². The maximum atomic E-state index is 11.8. The highest BCUT2D eigenvalue weighted by atomic mass is 79.9. The second-order valence-corrected chi connectivity index (χ2v) is 7.34. The van der Waals surface area contributed by atoms with Crippen molar-refractivity contribution in [1.82, 2.24) is 4.90 Å². The lowest BCUT2D eigenvalue weighted by atomic mass is 10.3. The molecule has 1 aromatic rings. The van der Waals surface area contributed by atoms with E-state index in [1.54, 1.807) is 38.2 Å². The number of para-hydroxylation sites is 1. The number of hydrogen-bond donors (Lipinski definition) is 0. The molecule has 0 N–H and O–H groups in total. The first kappa shape index (κ1) is 16.0. The zero-order chi connectivity index (χ0) is 14.8. The van der Waals surface area contributed by atoms with E-state index < -0.39 is 9.84 Å². The molecule has 1 rings (SSSR count). The van der Waals surface area contributed by atoms with E-state index in [-0.39, 0.29) is 17.3 Å². The van der Waals surface area contributed by atoms with Crippen LogP contribution < -0.4 is 4.90 Å². The van der Waals surface area contributed by atoms with Gasteiger partial charge in [-0.1, -0.05) is 6.07 Å². The first-order valence-electron chi connectivity index (χ1n) is 5.54. The Kier molecular flexibility index (Phi) is 4.98. The summed E-state index contributed by atoms with van der Waals surface area (Å²) in [7, 11) is 1.66. The lowest BCUT2D eigenvalue weighted by Gasteiger charge is -2.24. The van der Waals surface area contributed by atoms with E-state index in [4.69, 9.17) is 0 Å². The molecule has 1 amide bonds.